The van der Waals surface area contributed by atoms with E-state index in [2.05, 4.69) is 21.2 Å². The maximum Gasteiger partial charge on any atom is 0.147 e. The van der Waals surface area contributed by atoms with Crippen LogP contribution in [-0.4, -0.2) is 0 Å². The number of hydrogen-bond acceptors (Lipinski definition) is 1. The normalized spacial score (nSPS) is 15.9. The number of rotatable bonds is 4. The van der Waals surface area contributed by atoms with Crippen LogP contribution in [0, 0.1) is 17.6 Å². The van der Waals surface area contributed by atoms with Crippen LogP contribution in [0.2, 0.25) is 0 Å². The van der Waals surface area contributed by atoms with Gasteiger partial charge in [-0.05, 0) is 46.3 Å². The van der Waals surface area contributed by atoms with Crippen molar-refractivity contribution in [1.82, 2.24) is 0 Å². The first-order valence-electron chi connectivity index (χ1n) is 6.61. The SMILES string of the molecule is Fc1cc(NC(c2ccccc2)C2CC2)c(F)cc1Br. The molecule has 2 aromatic rings. The Kier molecular flexibility index (Phi) is 3.74. The van der Waals surface area contributed by atoms with Crippen LogP contribution in [0.4, 0.5) is 14.5 Å². The smallest absolute Gasteiger partial charge is 0.147 e. The highest BCUT2D eigenvalue weighted by atomic mass is 79.9. The molecule has 0 heterocycles. The van der Waals surface area contributed by atoms with Crippen LogP contribution >= 0.6 is 15.9 Å². The highest BCUT2D eigenvalue weighted by Crippen LogP contribution is 2.43. The molecule has 1 aliphatic rings. The third kappa shape index (κ3) is 2.85. The molecule has 0 bridgehead atoms. The Hall–Kier alpha value is -1.42. The molecule has 0 aromatic heterocycles. The van der Waals surface area contributed by atoms with Crippen molar-refractivity contribution in [3.63, 3.8) is 0 Å². The van der Waals surface area contributed by atoms with Gasteiger partial charge in [0.1, 0.15) is 11.6 Å². The summed E-state index contributed by atoms with van der Waals surface area (Å²) < 4.78 is 27.6. The van der Waals surface area contributed by atoms with Gasteiger partial charge in [-0.3, -0.25) is 0 Å². The van der Waals surface area contributed by atoms with Gasteiger partial charge in [-0.15, -0.1) is 0 Å². The monoisotopic (exact) mass is 337 g/mol. The minimum atomic E-state index is -0.462. The lowest BCUT2D eigenvalue weighted by molar-refractivity contribution is 0.589. The molecule has 1 fully saturated rings. The van der Waals surface area contributed by atoms with Crippen molar-refractivity contribution >= 4 is 21.6 Å². The molecule has 0 aliphatic heterocycles. The molecule has 0 saturated heterocycles. The standard InChI is InChI=1S/C16H14BrF2N/c17-12-8-14(19)15(9-13(12)18)20-16(11-6-7-11)10-4-2-1-3-5-10/h1-5,8-9,11,16,20H,6-7H2. The van der Waals surface area contributed by atoms with Crippen molar-refractivity contribution in [2.75, 3.05) is 5.32 Å². The van der Waals surface area contributed by atoms with Gasteiger partial charge in [0.25, 0.3) is 0 Å². The van der Waals surface area contributed by atoms with E-state index in [-0.39, 0.29) is 16.2 Å². The van der Waals surface area contributed by atoms with Gasteiger partial charge in [0, 0.05) is 6.07 Å². The van der Waals surface area contributed by atoms with E-state index >= 15 is 0 Å². The van der Waals surface area contributed by atoms with Crippen molar-refractivity contribution in [3.05, 3.63) is 64.1 Å². The molecule has 1 nitrogen and oxygen atoms in total. The lowest BCUT2D eigenvalue weighted by atomic mass is 10.0. The molecule has 1 saturated carbocycles. The molecule has 1 unspecified atom stereocenters. The van der Waals surface area contributed by atoms with Gasteiger partial charge in [-0.2, -0.15) is 0 Å². The van der Waals surface area contributed by atoms with Crippen molar-refractivity contribution in [2.24, 2.45) is 5.92 Å². The molecule has 1 aliphatic carbocycles. The van der Waals surface area contributed by atoms with Gasteiger partial charge < -0.3 is 5.32 Å². The molecular weight excluding hydrogens is 324 g/mol. The summed E-state index contributed by atoms with van der Waals surface area (Å²) in [5.74, 6) is -0.417. The highest BCUT2D eigenvalue weighted by molar-refractivity contribution is 9.10. The van der Waals surface area contributed by atoms with Crippen molar-refractivity contribution in [3.8, 4) is 0 Å². The fourth-order valence-electron chi connectivity index (χ4n) is 2.36. The van der Waals surface area contributed by atoms with E-state index in [0.29, 0.717) is 5.92 Å². The average Bonchev–Trinajstić information content (AvgIpc) is 3.27. The summed E-state index contributed by atoms with van der Waals surface area (Å²) in [6.07, 6.45) is 2.24. The maximum atomic E-state index is 13.9. The van der Waals surface area contributed by atoms with E-state index in [1.165, 1.54) is 6.07 Å². The van der Waals surface area contributed by atoms with Gasteiger partial charge in [-0.25, -0.2) is 8.78 Å². The van der Waals surface area contributed by atoms with E-state index in [9.17, 15) is 8.78 Å². The molecule has 3 rings (SSSR count). The van der Waals surface area contributed by atoms with E-state index in [1.807, 2.05) is 30.3 Å². The molecule has 1 atom stereocenters. The second kappa shape index (κ2) is 5.52. The van der Waals surface area contributed by atoms with Crippen LogP contribution in [0.15, 0.2) is 46.9 Å². The Morgan fingerprint density at radius 2 is 1.75 bits per heavy atom. The van der Waals surface area contributed by atoms with Gasteiger partial charge in [0.05, 0.1) is 16.2 Å². The molecule has 0 radical (unpaired) electrons. The maximum absolute atomic E-state index is 13.9. The highest BCUT2D eigenvalue weighted by Gasteiger charge is 2.32. The zero-order valence-corrected chi connectivity index (χ0v) is 12.3. The Morgan fingerprint density at radius 3 is 2.40 bits per heavy atom. The minimum absolute atomic E-state index is 0.0336. The predicted octanol–water partition coefficient (Wildman–Crippen LogP) is 5.29. The number of halogens is 3. The van der Waals surface area contributed by atoms with E-state index in [4.69, 9.17) is 0 Å². The summed E-state index contributed by atoms with van der Waals surface area (Å²) in [5.41, 5.74) is 1.32. The van der Waals surface area contributed by atoms with Crippen molar-refractivity contribution in [2.45, 2.75) is 18.9 Å². The Labute approximate surface area is 125 Å². The number of nitrogens with one attached hydrogen (secondary N) is 1. The summed E-state index contributed by atoms with van der Waals surface area (Å²) in [4.78, 5) is 0. The van der Waals surface area contributed by atoms with Crippen LogP contribution in [0.1, 0.15) is 24.4 Å². The summed E-state index contributed by atoms with van der Waals surface area (Å²) in [5, 5.41) is 3.16. The van der Waals surface area contributed by atoms with Crippen LogP contribution < -0.4 is 5.32 Å². The van der Waals surface area contributed by atoms with Gasteiger partial charge in [-0.1, -0.05) is 30.3 Å². The Morgan fingerprint density at radius 1 is 1.05 bits per heavy atom. The first kappa shape index (κ1) is 13.6. The topological polar surface area (TPSA) is 12.0 Å². The van der Waals surface area contributed by atoms with Crippen LogP contribution in [0.25, 0.3) is 0 Å². The first-order chi connectivity index (χ1) is 9.65. The number of benzene rings is 2. The summed E-state index contributed by atoms with van der Waals surface area (Å²) in [6, 6.07) is 12.3. The molecular formula is C16H14BrF2N. The van der Waals surface area contributed by atoms with Crippen LogP contribution in [0.5, 0.6) is 0 Å². The number of hydrogen-bond donors (Lipinski definition) is 1. The molecule has 104 valence electrons. The quantitative estimate of drug-likeness (QED) is 0.747. The minimum Gasteiger partial charge on any atom is -0.376 e. The van der Waals surface area contributed by atoms with Crippen LogP contribution in [0.3, 0.4) is 0 Å². The molecule has 0 spiro atoms. The average molecular weight is 338 g/mol. The first-order valence-corrected chi connectivity index (χ1v) is 7.40. The van der Waals surface area contributed by atoms with E-state index in [1.54, 1.807) is 0 Å². The third-order valence-electron chi connectivity index (χ3n) is 3.57. The van der Waals surface area contributed by atoms with Gasteiger partial charge in [0.2, 0.25) is 0 Å². The molecule has 2 aromatic carbocycles. The zero-order valence-electron chi connectivity index (χ0n) is 10.7. The van der Waals surface area contributed by atoms with Gasteiger partial charge >= 0.3 is 0 Å². The third-order valence-corrected chi connectivity index (χ3v) is 4.18. The fraction of sp³-hybridized carbons (Fsp3) is 0.250. The molecule has 20 heavy (non-hydrogen) atoms. The van der Waals surface area contributed by atoms with Crippen molar-refractivity contribution in [1.29, 1.82) is 0 Å². The molecule has 4 heteroatoms. The van der Waals surface area contributed by atoms with E-state index < -0.39 is 11.6 Å². The lowest BCUT2D eigenvalue weighted by Crippen LogP contribution is -2.14. The summed E-state index contributed by atoms with van der Waals surface area (Å²) in [6.45, 7) is 0. The zero-order chi connectivity index (χ0) is 14.1. The number of anilines is 1. The second-order valence-corrected chi connectivity index (χ2v) is 5.97. The second-order valence-electron chi connectivity index (χ2n) is 5.12. The summed E-state index contributed by atoms with van der Waals surface area (Å²) >= 11 is 2.99. The van der Waals surface area contributed by atoms with Crippen molar-refractivity contribution < 1.29 is 8.78 Å². The summed E-state index contributed by atoms with van der Waals surface area (Å²) in [7, 11) is 0. The Bertz CT molecular complexity index is 611. The fourth-order valence-corrected chi connectivity index (χ4v) is 2.68. The molecule has 1 N–H and O–H groups in total. The Balaban J connectivity index is 1.89. The predicted molar refractivity (Wildman–Crippen MR) is 79.6 cm³/mol. The van der Waals surface area contributed by atoms with Gasteiger partial charge in [0.15, 0.2) is 0 Å². The largest absolute Gasteiger partial charge is 0.376 e. The lowest BCUT2D eigenvalue weighted by Gasteiger charge is -2.20. The van der Waals surface area contributed by atoms with Crippen LogP contribution in [-0.2, 0) is 0 Å². The van der Waals surface area contributed by atoms with E-state index in [0.717, 1.165) is 24.5 Å². The molecule has 0 amide bonds.